The molecule has 1 amide bonds. The lowest BCUT2D eigenvalue weighted by Gasteiger charge is -2.31. The third-order valence-electron chi connectivity index (χ3n) is 4.81. The molecule has 1 aliphatic rings. The molecule has 1 unspecified atom stereocenters. The quantitative estimate of drug-likeness (QED) is 0.638. The Labute approximate surface area is 151 Å². The van der Waals surface area contributed by atoms with E-state index in [4.69, 9.17) is 0 Å². The Kier molecular flexibility index (Phi) is 7.29. The summed E-state index contributed by atoms with van der Waals surface area (Å²) < 4.78 is 0. The van der Waals surface area contributed by atoms with Crippen molar-refractivity contribution in [2.75, 3.05) is 26.7 Å². The lowest BCUT2D eigenvalue weighted by atomic mass is 10.00. The monoisotopic (exact) mass is 344 g/mol. The first-order valence-electron chi connectivity index (χ1n) is 9.28. The summed E-state index contributed by atoms with van der Waals surface area (Å²) >= 11 is 0. The molecule has 138 valence electrons. The molecule has 0 spiro atoms. The van der Waals surface area contributed by atoms with Gasteiger partial charge in [-0.25, -0.2) is 0 Å². The summed E-state index contributed by atoms with van der Waals surface area (Å²) in [4.78, 5) is 18.5. The predicted molar refractivity (Wildman–Crippen MR) is 104 cm³/mol. The number of guanidine groups is 1. The van der Waals surface area contributed by atoms with Gasteiger partial charge in [-0.15, -0.1) is 0 Å². The minimum absolute atomic E-state index is 0.240. The number of nitrogens with one attached hydrogen (secondary N) is 2. The van der Waals surface area contributed by atoms with E-state index < -0.39 is 0 Å². The molecule has 1 aliphatic heterocycles. The van der Waals surface area contributed by atoms with E-state index in [2.05, 4.69) is 54.6 Å². The van der Waals surface area contributed by atoms with Crippen LogP contribution in [0, 0.1) is 19.8 Å². The summed E-state index contributed by atoms with van der Waals surface area (Å²) in [5.41, 5.74) is 3.80. The number of hydrogen-bond acceptors (Lipinski definition) is 2. The fraction of sp³-hybridized carbons (Fsp3) is 0.600. The second kappa shape index (κ2) is 9.44. The van der Waals surface area contributed by atoms with Gasteiger partial charge >= 0.3 is 0 Å². The molecule has 5 nitrogen and oxygen atoms in total. The first kappa shape index (κ1) is 19.3. The maximum absolute atomic E-state index is 12.3. The van der Waals surface area contributed by atoms with Gasteiger partial charge < -0.3 is 15.5 Å². The number of aliphatic imine (C=N–C) groups is 1. The van der Waals surface area contributed by atoms with Gasteiger partial charge in [0, 0.05) is 39.6 Å². The summed E-state index contributed by atoms with van der Waals surface area (Å²) in [6, 6.07) is 6.45. The minimum atomic E-state index is 0.240. The van der Waals surface area contributed by atoms with Gasteiger partial charge in [0.05, 0.1) is 0 Å². The van der Waals surface area contributed by atoms with Crippen LogP contribution in [-0.4, -0.2) is 43.4 Å². The summed E-state index contributed by atoms with van der Waals surface area (Å²) in [5.74, 6) is 1.60. The lowest BCUT2D eigenvalue weighted by Crippen LogP contribution is -2.42. The number of hydrogen-bond donors (Lipinski definition) is 2. The average molecular weight is 345 g/mol. The van der Waals surface area contributed by atoms with Crippen LogP contribution >= 0.6 is 0 Å². The van der Waals surface area contributed by atoms with E-state index in [0.717, 1.165) is 32.0 Å². The number of benzene rings is 1. The van der Waals surface area contributed by atoms with E-state index in [9.17, 15) is 4.79 Å². The van der Waals surface area contributed by atoms with Gasteiger partial charge in [0.2, 0.25) is 5.91 Å². The lowest BCUT2D eigenvalue weighted by molar-refractivity contribution is -0.132. The van der Waals surface area contributed by atoms with E-state index in [0.29, 0.717) is 18.9 Å². The summed E-state index contributed by atoms with van der Waals surface area (Å²) in [6.07, 6.45) is 2.87. The number of carbonyl (C=O) groups is 1. The summed E-state index contributed by atoms with van der Waals surface area (Å²) in [7, 11) is 1.76. The number of aryl methyl sites for hydroxylation is 2. The highest BCUT2D eigenvalue weighted by Crippen LogP contribution is 2.15. The van der Waals surface area contributed by atoms with E-state index in [1.54, 1.807) is 7.05 Å². The third-order valence-corrected chi connectivity index (χ3v) is 4.81. The summed E-state index contributed by atoms with van der Waals surface area (Å²) in [6.45, 7) is 9.58. The fourth-order valence-corrected chi connectivity index (χ4v) is 3.31. The SMILES string of the molecule is CN=C(NCCC(=O)N1CCCC(C)C1)NCc1ccc(C)cc1C. The van der Waals surface area contributed by atoms with E-state index in [-0.39, 0.29) is 5.91 Å². The topological polar surface area (TPSA) is 56.7 Å². The van der Waals surface area contributed by atoms with E-state index in [1.165, 1.54) is 23.1 Å². The van der Waals surface area contributed by atoms with Crippen molar-refractivity contribution in [2.45, 2.75) is 46.6 Å². The largest absolute Gasteiger partial charge is 0.356 e. The molecular weight excluding hydrogens is 312 g/mol. The molecule has 1 saturated heterocycles. The van der Waals surface area contributed by atoms with Gasteiger partial charge in [-0.1, -0.05) is 30.7 Å². The molecule has 0 bridgehead atoms. The second-order valence-corrected chi connectivity index (χ2v) is 7.12. The first-order chi connectivity index (χ1) is 12.0. The number of piperidine rings is 1. The van der Waals surface area contributed by atoms with Gasteiger partial charge in [0.25, 0.3) is 0 Å². The van der Waals surface area contributed by atoms with Crippen molar-refractivity contribution in [2.24, 2.45) is 10.9 Å². The smallest absolute Gasteiger partial charge is 0.224 e. The van der Waals surface area contributed by atoms with Gasteiger partial charge in [0.15, 0.2) is 5.96 Å². The Morgan fingerprint density at radius 1 is 1.32 bits per heavy atom. The fourth-order valence-electron chi connectivity index (χ4n) is 3.31. The molecule has 1 fully saturated rings. The molecule has 5 heteroatoms. The maximum atomic E-state index is 12.3. The molecule has 0 aliphatic carbocycles. The van der Waals surface area contributed by atoms with Crippen molar-refractivity contribution in [1.29, 1.82) is 0 Å². The average Bonchev–Trinajstić information content (AvgIpc) is 2.59. The Morgan fingerprint density at radius 2 is 2.12 bits per heavy atom. The zero-order valence-corrected chi connectivity index (χ0v) is 16.1. The summed E-state index contributed by atoms with van der Waals surface area (Å²) in [5, 5.41) is 6.56. The van der Waals surface area contributed by atoms with E-state index in [1.807, 2.05) is 4.90 Å². The number of amides is 1. The zero-order chi connectivity index (χ0) is 18.2. The minimum Gasteiger partial charge on any atom is -0.356 e. The van der Waals surface area contributed by atoms with Crippen molar-refractivity contribution in [3.05, 3.63) is 34.9 Å². The number of carbonyl (C=O) groups excluding carboxylic acids is 1. The number of likely N-dealkylation sites (tertiary alicyclic amines) is 1. The van der Waals surface area contributed by atoms with Crippen LogP contribution in [0.3, 0.4) is 0 Å². The molecule has 0 aromatic heterocycles. The third kappa shape index (κ3) is 6.07. The first-order valence-corrected chi connectivity index (χ1v) is 9.28. The van der Waals surface area contributed by atoms with Gasteiger partial charge in [-0.05, 0) is 43.7 Å². The Balaban J connectivity index is 1.74. The zero-order valence-electron chi connectivity index (χ0n) is 16.1. The Morgan fingerprint density at radius 3 is 2.80 bits per heavy atom. The number of rotatable bonds is 5. The molecule has 1 aromatic carbocycles. The van der Waals surface area contributed by atoms with Crippen molar-refractivity contribution in [1.82, 2.24) is 15.5 Å². The standard InChI is InChI=1S/C20H32N4O/c1-15-7-8-18(17(3)12-15)13-23-20(21-4)22-10-9-19(25)24-11-5-6-16(2)14-24/h7-8,12,16H,5-6,9-11,13-14H2,1-4H3,(H2,21,22,23). The van der Waals surface area contributed by atoms with Gasteiger partial charge in [0.1, 0.15) is 0 Å². The maximum Gasteiger partial charge on any atom is 0.224 e. The highest BCUT2D eigenvalue weighted by molar-refractivity contribution is 5.81. The molecule has 1 heterocycles. The number of nitrogens with zero attached hydrogens (tertiary/aromatic N) is 2. The predicted octanol–water partition coefficient (Wildman–Crippen LogP) is 2.62. The van der Waals surface area contributed by atoms with Crippen LogP contribution in [0.25, 0.3) is 0 Å². The molecule has 2 rings (SSSR count). The van der Waals surface area contributed by atoms with Gasteiger partial charge in [-0.2, -0.15) is 0 Å². The molecule has 1 aromatic rings. The van der Waals surface area contributed by atoms with Crippen LogP contribution < -0.4 is 10.6 Å². The molecular formula is C20H32N4O. The molecule has 0 saturated carbocycles. The van der Waals surface area contributed by atoms with Crippen molar-refractivity contribution in [3.8, 4) is 0 Å². The van der Waals surface area contributed by atoms with Crippen molar-refractivity contribution in [3.63, 3.8) is 0 Å². The van der Waals surface area contributed by atoms with Crippen molar-refractivity contribution < 1.29 is 4.79 Å². The second-order valence-electron chi connectivity index (χ2n) is 7.12. The van der Waals surface area contributed by atoms with Gasteiger partial charge in [-0.3, -0.25) is 9.79 Å². The molecule has 2 N–H and O–H groups in total. The Hall–Kier alpha value is -2.04. The van der Waals surface area contributed by atoms with Crippen LogP contribution in [-0.2, 0) is 11.3 Å². The molecule has 0 radical (unpaired) electrons. The van der Waals surface area contributed by atoms with E-state index >= 15 is 0 Å². The van der Waals surface area contributed by atoms with Crippen LogP contribution in [0.2, 0.25) is 0 Å². The highest BCUT2D eigenvalue weighted by Gasteiger charge is 2.20. The molecule has 25 heavy (non-hydrogen) atoms. The normalized spacial score (nSPS) is 18.2. The van der Waals surface area contributed by atoms with Crippen LogP contribution in [0.4, 0.5) is 0 Å². The van der Waals surface area contributed by atoms with Crippen LogP contribution in [0.5, 0.6) is 0 Å². The van der Waals surface area contributed by atoms with Crippen LogP contribution in [0.1, 0.15) is 42.9 Å². The van der Waals surface area contributed by atoms with Crippen molar-refractivity contribution >= 4 is 11.9 Å². The van der Waals surface area contributed by atoms with Crippen LogP contribution in [0.15, 0.2) is 23.2 Å². The molecule has 1 atom stereocenters. The Bertz CT molecular complexity index is 612. The highest BCUT2D eigenvalue weighted by atomic mass is 16.2.